The van der Waals surface area contributed by atoms with E-state index < -0.39 is 49.7 Å². The molecule has 0 saturated heterocycles. The van der Waals surface area contributed by atoms with Gasteiger partial charge in [0.05, 0.1) is 12.5 Å². The summed E-state index contributed by atoms with van der Waals surface area (Å²) in [6.45, 7) is 5.11. The maximum atomic E-state index is 13.8. The second-order valence-corrected chi connectivity index (χ2v) is 12.4. The van der Waals surface area contributed by atoms with Crippen molar-refractivity contribution in [2.24, 2.45) is 11.8 Å². The second kappa shape index (κ2) is 14.0. The first-order valence-corrected chi connectivity index (χ1v) is 14.9. The molecule has 1 heterocycles. The third-order valence-electron chi connectivity index (χ3n) is 6.23. The average Bonchev–Trinajstić information content (AvgIpc) is 3.46. The van der Waals surface area contributed by atoms with E-state index in [4.69, 9.17) is 9.15 Å². The molecule has 3 N–H and O–H groups in total. The predicted octanol–water partition coefficient (Wildman–Crippen LogP) is 5.57. The molecule has 0 spiro atoms. The van der Waals surface area contributed by atoms with Gasteiger partial charge in [-0.3, -0.25) is 14.3 Å². The fraction of sp³-hybridized carbons (Fsp3) is 0.345. The monoisotopic (exact) mass is 570 g/mol. The number of amides is 2. The van der Waals surface area contributed by atoms with Gasteiger partial charge in [0.1, 0.15) is 18.4 Å². The molecule has 10 nitrogen and oxygen atoms in total. The first kappa shape index (κ1) is 30.7. The number of carboxylic acids is 1. The minimum absolute atomic E-state index is 0.00237. The van der Waals surface area contributed by atoms with Crippen LogP contribution >= 0.6 is 7.37 Å². The van der Waals surface area contributed by atoms with E-state index in [0.29, 0.717) is 11.4 Å². The van der Waals surface area contributed by atoms with E-state index in [2.05, 4.69) is 5.32 Å². The van der Waals surface area contributed by atoms with Gasteiger partial charge >= 0.3 is 12.1 Å². The summed E-state index contributed by atoms with van der Waals surface area (Å²) in [5, 5.41) is 12.1. The lowest BCUT2D eigenvalue weighted by Gasteiger charge is -2.32. The topological polar surface area (TPSA) is 146 Å². The molecule has 2 amide bonds. The summed E-state index contributed by atoms with van der Waals surface area (Å²) >= 11 is 0. The number of furan rings is 1. The number of aliphatic carboxylic acids is 1. The lowest BCUT2D eigenvalue weighted by Crippen LogP contribution is -2.47. The molecule has 11 heteroatoms. The van der Waals surface area contributed by atoms with Gasteiger partial charge in [0.25, 0.3) is 0 Å². The molecule has 3 rings (SSSR count). The zero-order valence-electron chi connectivity index (χ0n) is 22.7. The zero-order chi connectivity index (χ0) is 29.3. The van der Waals surface area contributed by atoms with Crippen LogP contribution in [-0.4, -0.2) is 46.5 Å². The minimum Gasteiger partial charge on any atom is -0.480 e. The highest BCUT2D eigenvalue weighted by molar-refractivity contribution is 7.58. The van der Waals surface area contributed by atoms with E-state index in [0.717, 1.165) is 16.0 Å². The highest BCUT2D eigenvalue weighted by atomic mass is 31.2. The Hall–Kier alpha value is -3.88. The van der Waals surface area contributed by atoms with E-state index in [9.17, 15) is 28.9 Å². The molecular weight excluding hydrogens is 535 g/mol. The van der Waals surface area contributed by atoms with Crippen LogP contribution in [0.4, 0.5) is 10.5 Å². The fourth-order valence-electron chi connectivity index (χ4n) is 4.27. The molecule has 1 aromatic heterocycles. The molecule has 2 unspecified atom stereocenters. The van der Waals surface area contributed by atoms with Gasteiger partial charge in [0, 0.05) is 23.3 Å². The van der Waals surface area contributed by atoms with Crippen molar-refractivity contribution in [1.82, 2.24) is 5.32 Å². The number of carboxylic acid groups (broad SMARTS) is 1. The Bertz CT molecular complexity index is 1310. The number of hydrogen-bond acceptors (Lipinski definition) is 6. The number of nitrogens with one attached hydrogen (secondary N) is 1. The standard InChI is InChI=1S/C29H35N2O8P/c1-20(2)16-24(18-40(36,37)19-30-29(35)39-17-22-8-5-4-6-9-22)27(32)31(21(3)28(33)34)25-13-11-23(12-14-25)26-10-7-15-38-26/h4-15,20-21,24H,16-19H2,1-3H3,(H,30,35)(H,33,34)(H,36,37)/t21-,24?/m0/s1. The van der Waals surface area contributed by atoms with Crippen LogP contribution in [0.5, 0.6) is 0 Å². The molecule has 0 saturated carbocycles. The maximum Gasteiger partial charge on any atom is 0.407 e. The van der Waals surface area contributed by atoms with Crippen LogP contribution in [0, 0.1) is 11.8 Å². The largest absolute Gasteiger partial charge is 0.480 e. The quantitative estimate of drug-likeness (QED) is 0.226. The van der Waals surface area contributed by atoms with Gasteiger partial charge in [0.2, 0.25) is 13.3 Å². The molecule has 214 valence electrons. The number of hydrogen-bond donors (Lipinski definition) is 3. The number of ether oxygens (including phenoxy) is 1. The first-order valence-electron chi connectivity index (χ1n) is 12.9. The van der Waals surface area contributed by atoms with Gasteiger partial charge in [-0.25, -0.2) is 9.59 Å². The third-order valence-corrected chi connectivity index (χ3v) is 7.89. The molecule has 0 aliphatic rings. The molecule has 3 aromatic rings. The Labute approximate surface area is 233 Å². The van der Waals surface area contributed by atoms with Crippen LogP contribution < -0.4 is 10.2 Å². The van der Waals surface area contributed by atoms with Crippen molar-refractivity contribution in [3.8, 4) is 11.3 Å². The Morgan fingerprint density at radius 1 is 1.00 bits per heavy atom. The van der Waals surface area contributed by atoms with Crippen LogP contribution in [0.3, 0.4) is 0 Å². The molecule has 40 heavy (non-hydrogen) atoms. The van der Waals surface area contributed by atoms with Gasteiger partial charge in [-0.2, -0.15) is 0 Å². The summed E-state index contributed by atoms with van der Waals surface area (Å²) in [6, 6.07) is 17.9. The zero-order valence-corrected chi connectivity index (χ0v) is 23.6. The van der Waals surface area contributed by atoms with Crippen molar-refractivity contribution in [2.75, 3.05) is 17.3 Å². The van der Waals surface area contributed by atoms with Crippen LogP contribution in [0.25, 0.3) is 11.3 Å². The number of rotatable bonds is 13. The molecule has 0 fully saturated rings. The molecular formula is C29H35N2O8P. The van der Waals surface area contributed by atoms with Crippen molar-refractivity contribution in [3.63, 3.8) is 0 Å². The maximum absolute atomic E-state index is 13.8. The number of nitrogens with zero attached hydrogens (tertiary/aromatic N) is 1. The molecule has 3 atom stereocenters. The van der Waals surface area contributed by atoms with Crippen LogP contribution in [0.15, 0.2) is 77.4 Å². The van der Waals surface area contributed by atoms with Crippen molar-refractivity contribution < 1.29 is 38.1 Å². The number of carbonyl (C=O) groups is 3. The van der Waals surface area contributed by atoms with Gasteiger partial charge in [-0.1, -0.05) is 44.2 Å². The number of alkyl carbamates (subject to hydrolysis) is 1. The van der Waals surface area contributed by atoms with Gasteiger partial charge in [-0.15, -0.1) is 0 Å². The smallest absolute Gasteiger partial charge is 0.407 e. The van der Waals surface area contributed by atoms with E-state index in [-0.39, 0.29) is 18.9 Å². The van der Waals surface area contributed by atoms with Crippen molar-refractivity contribution in [1.29, 1.82) is 0 Å². The lowest BCUT2D eigenvalue weighted by molar-refractivity contribution is -0.140. The summed E-state index contributed by atoms with van der Waals surface area (Å²) in [5.74, 6) is -2.19. The average molecular weight is 571 g/mol. The van der Waals surface area contributed by atoms with Gasteiger partial charge in [0.15, 0.2) is 0 Å². The summed E-state index contributed by atoms with van der Waals surface area (Å²) in [7, 11) is -4.05. The van der Waals surface area contributed by atoms with Crippen LogP contribution in [0.1, 0.15) is 32.8 Å². The van der Waals surface area contributed by atoms with Crippen molar-refractivity contribution in [2.45, 2.75) is 39.8 Å². The van der Waals surface area contributed by atoms with Crippen molar-refractivity contribution >= 4 is 31.0 Å². The predicted molar refractivity (Wildman–Crippen MR) is 151 cm³/mol. The van der Waals surface area contributed by atoms with E-state index >= 15 is 0 Å². The van der Waals surface area contributed by atoms with Crippen LogP contribution in [-0.2, 0) is 25.5 Å². The van der Waals surface area contributed by atoms with Crippen LogP contribution in [0.2, 0.25) is 0 Å². The highest BCUT2D eigenvalue weighted by Crippen LogP contribution is 2.43. The van der Waals surface area contributed by atoms with E-state index in [1.54, 1.807) is 60.7 Å². The Morgan fingerprint density at radius 2 is 1.68 bits per heavy atom. The molecule has 0 radical (unpaired) electrons. The second-order valence-electron chi connectivity index (χ2n) is 10.00. The number of benzene rings is 2. The Kier molecular flexibility index (Phi) is 10.7. The first-order chi connectivity index (χ1) is 19.0. The molecule has 0 aliphatic carbocycles. The highest BCUT2D eigenvalue weighted by Gasteiger charge is 2.36. The third kappa shape index (κ3) is 8.83. The SMILES string of the molecule is CC(C)CC(CP(=O)(O)CNC(=O)OCc1ccccc1)C(=O)N(c1ccc(-c2ccco2)cc1)[C@@H](C)C(=O)O. The molecule has 0 aliphatic heterocycles. The summed E-state index contributed by atoms with van der Waals surface area (Å²) in [4.78, 5) is 49.8. The Morgan fingerprint density at radius 3 is 2.25 bits per heavy atom. The Balaban J connectivity index is 1.74. The molecule has 2 aromatic carbocycles. The van der Waals surface area contributed by atoms with Gasteiger partial charge < -0.3 is 24.5 Å². The van der Waals surface area contributed by atoms with Gasteiger partial charge in [-0.05, 0) is 61.2 Å². The van der Waals surface area contributed by atoms with E-state index in [1.807, 2.05) is 19.9 Å². The minimum atomic E-state index is -4.05. The van der Waals surface area contributed by atoms with E-state index in [1.165, 1.54) is 13.2 Å². The summed E-state index contributed by atoms with van der Waals surface area (Å²) < 4.78 is 23.6. The number of carbonyl (C=O) groups excluding carboxylic acids is 2. The normalized spacial score (nSPS) is 14.1. The number of anilines is 1. The van der Waals surface area contributed by atoms with Crippen molar-refractivity contribution in [3.05, 3.63) is 78.6 Å². The fourth-order valence-corrected chi connectivity index (χ4v) is 5.77. The molecule has 0 bridgehead atoms. The lowest BCUT2D eigenvalue weighted by atomic mass is 9.96. The summed E-state index contributed by atoms with van der Waals surface area (Å²) in [6.07, 6.45) is -0.101. The summed E-state index contributed by atoms with van der Waals surface area (Å²) in [5.41, 5.74) is 1.84.